The average Bonchev–Trinajstić information content (AvgIpc) is 2.37. The first-order valence-electron chi connectivity index (χ1n) is 6.08. The van der Waals surface area contributed by atoms with E-state index in [-0.39, 0.29) is 5.56 Å². The van der Waals surface area contributed by atoms with E-state index in [4.69, 9.17) is 0 Å². The van der Waals surface area contributed by atoms with Gasteiger partial charge in [-0.2, -0.15) is 0 Å². The molecule has 1 N–H and O–H groups in total. The fraction of sp³-hybridized carbons (Fsp3) is 0.133. The van der Waals surface area contributed by atoms with Crippen molar-refractivity contribution in [2.45, 2.75) is 13.8 Å². The second kappa shape index (κ2) is 4.31. The number of nitrogens with zero attached hydrogens (tertiary/aromatic N) is 2. The van der Waals surface area contributed by atoms with E-state index in [9.17, 15) is 4.79 Å². The molecule has 0 aliphatic carbocycles. The zero-order valence-corrected chi connectivity index (χ0v) is 10.8. The molecule has 0 atom stereocenters. The molecule has 0 spiro atoms. The van der Waals surface area contributed by atoms with E-state index in [0.29, 0.717) is 17.2 Å². The summed E-state index contributed by atoms with van der Waals surface area (Å²) in [5.74, 6) is 0.513. The number of hydrogen-bond donors (Lipinski definition) is 1. The van der Waals surface area contributed by atoms with Gasteiger partial charge in [0.1, 0.15) is 5.69 Å². The summed E-state index contributed by atoms with van der Waals surface area (Å²) in [6.07, 6.45) is 0. The Labute approximate surface area is 110 Å². The van der Waals surface area contributed by atoms with Crippen LogP contribution in [-0.2, 0) is 0 Å². The summed E-state index contributed by atoms with van der Waals surface area (Å²) in [5, 5.41) is 1.11. The van der Waals surface area contributed by atoms with E-state index >= 15 is 0 Å². The number of para-hydroxylation sites is 1. The molecule has 3 aromatic rings. The van der Waals surface area contributed by atoms with Crippen LogP contribution in [0.1, 0.15) is 11.3 Å². The van der Waals surface area contributed by atoms with Gasteiger partial charge in [0.05, 0.1) is 5.52 Å². The van der Waals surface area contributed by atoms with Crippen molar-refractivity contribution in [3.8, 4) is 11.5 Å². The van der Waals surface area contributed by atoms with Crippen LogP contribution in [0, 0.1) is 13.8 Å². The van der Waals surface area contributed by atoms with E-state index in [1.807, 2.05) is 37.3 Å². The second-order valence-corrected chi connectivity index (χ2v) is 4.58. The normalized spacial score (nSPS) is 10.8. The number of pyridine rings is 1. The Morgan fingerprint density at radius 2 is 1.84 bits per heavy atom. The molecule has 2 aromatic heterocycles. The number of aromatic nitrogens is 3. The Hall–Kier alpha value is -2.49. The van der Waals surface area contributed by atoms with Crippen molar-refractivity contribution in [2.75, 3.05) is 0 Å². The molecule has 4 heteroatoms. The van der Waals surface area contributed by atoms with Crippen molar-refractivity contribution in [2.24, 2.45) is 0 Å². The molecule has 0 radical (unpaired) electrons. The Kier molecular flexibility index (Phi) is 2.63. The van der Waals surface area contributed by atoms with E-state index in [1.54, 1.807) is 6.92 Å². The summed E-state index contributed by atoms with van der Waals surface area (Å²) in [7, 11) is 0. The molecular weight excluding hydrogens is 238 g/mol. The lowest BCUT2D eigenvalue weighted by molar-refractivity contribution is 1.06. The fourth-order valence-electron chi connectivity index (χ4n) is 2.17. The molecule has 0 saturated carbocycles. The number of hydrogen-bond acceptors (Lipinski definition) is 3. The van der Waals surface area contributed by atoms with Gasteiger partial charge in [0, 0.05) is 17.1 Å². The molecule has 0 fully saturated rings. The molecule has 94 valence electrons. The summed E-state index contributed by atoms with van der Waals surface area (Å²) in [6.45, 7) is 3.83. The van der Waals surface area contributed by atoms with Gasteiger partial charge in [0.25, 0.3) is 5.56 Å². The number of aromatic amines is 1. The van der Waals surface area contributed by atoms with Crippen LogP contribution in [0.5, 0.6) is 0 Å². The molecule has 0 bridgehead atoms. The van der Waals surface area contributed by atoms with Gasteiger partial charge >= 0.3 is 0 Å². The van der Waals surface area contributed by atoms with Crippen molar-refractivity contribution in [3.63, 3.8) is 0 Å². The SMILES string of the molecule is Cc1cc(=O)[nH]c(-c2cc(C)c3ccccc3n2)n1. The third-order valence-corrected chi connectivity index (χ3v) is 3.04. The van der Waals surface area contributed by atoms with Gasteiger partial charge in [-0.1, -0.05) is 18.2 Å². The summed E-state index contributed by atoms with van der Waals surface area (Å²) in [4.78, 5) is 23.1. The molecule has 2 heterocycles. The summed E-state index contributed by atoms with van der Waals surface area (Å²) in [6, 6.07) is 11.3. The lowest BCUT2D eigenvalue weighted by atomic mass is 10.1. The molecule has 0 amide bonds. The molecule has 3 rings (SSSR count). The van der Waals surface area contributed by atoms with Crippen LogP contribution in [0.15, 0.2) is 41.2 Å². The van der Waals surface area contributed by atoms with Gasteiger partial charge in [-0.05, 0) is 31.5 Å². The first kappa shape index (κ1) is 11.6. The standard InChI is InChI=1S/C15H13N3O/c1-9-7-13(15-16-10(2)8-14(19)18-15)17-12-6-4-3-5-11(9)12/h3-8H,1-2H3,(H,16,18,19). The lowest BCUT2D eigenvalue weighted by Crippen LogP contribution is -2.09. The van der Waals surface area contributed by atoms with Crippen LogP contribution in [-0.4, -0.2) is 15.0 Å². The van der Waals surface area contributed by atoms with Gasteiger partial charge in [-0.15, -0.1) is 0 Å². The van der Waals surface area contributed by atoms with Crippen LogP contribution >= 0.6 is 0 Å². The van der Waals surface area contributed by atoms with Gasteiger partial charge in [-0.25, -0.2) is 9.97 Å². The predicted molar refractivity (Wildman–Crippen MR) is 75.1 cm³/mol. The quantitative estimate of drug-likeness (QED) is 0.723. The van der Waals surface area contributed by atoms with Crippen molar-refractivity contribution in [1.82, 2.24) is 15.0 Å². The van der Waals surface area contributed by atoms with E-state index in [1.165, 1.54) is 6.07 Å². The predicted octanol–water partition coefficient (Wildman–Crippen LogP) is 2.60. The van der Waals surface area contributed by atoms with E-state index < -0.39 is 0 Å². The Bertz CT molecular complexity index is 821. The highest BCUT2D eigenvalue weighted by Gasteiger charge is 2.07. The molecule has 19 heavy (non-hydrogen) atoms. The highest BCUT2D eigenvalue weighted by atomic mass is 16.1. The van der Waals surface area contributed by atoms with E-state index in [2.05, 4.69) is 15.0 Å². The number of fused-ring (bicyclic) bond motifs is 1. The zero-order chi connectivity index (χ0) is 13.4. The Morgan fingerprint density at radius 1 is 1.05 bits per heavy atom. The minimum atomic E-state index is -0.157. The molecule has 0 unspecified atom stereocenters. The third-order valence-electron chi connectivity index (χ3n) is 3.04. The highest BCUT2D eigenvalue weighted by molar-refractivity contribution is 5.84. The maximum Gasteiger partial charge on any atom is 0.251 e. The van der Waals surface area contributed by atoms with Crippen LogP contribution in [0.2, 0.25) is 0 Å². The summed E-state index contributed by atoms with van der Waals surface area (Å²) >= 11 is 0. The van der Waals surface area contributed by atoms with Crippen LogP contribution in [0.3, 0.4) is 0 Å². The van der Waals surface area contributed by atoms with Crippen molar-refractivity contribution < 1.29 is 0 Å². The van der Waals surface area contributed by atoms with E-state index in [0.717, 1.165) is 16.5 Å². The third kappa shape index (κ3) is 2.12. The molecule has 0 aliphatic heterocycles. The van der Waals surface area contributed by atoms with Crippen molar-refractivity contribution in [1.29, 1.82) is 0 Å². The minimum Gasteiger partial charge on any atom is -0.305 e. The number of nitrogens with one attached hydrogen (secondary N) is 1. The molecule has 1 aromatic carbocycles. The number of benzene rings is 1. The smallest absolute Gasteiger partial charge is 0.251 e. The zero-order valence-electron chi connectivity index (χ0n) is 10.8. The number of rotatable bonds is 1. The molecular formula is C15H13N3O. The summed E-state index contributed by atoms with van der Waals surface area (Å²) < 4.78 is 0. The Balaban J connectivity index is 2.28. The fourth-order valence-corrected chi connectivity index (χ4v) is 2.17. The topological polar surface area (TPSA) is 58.6 Å². The van der Waals surface area contributed by atoms with Crippen LogP contribution < -0.4 is 5.56 Å². The summed E-state index contributed by atoms with van der Waals surface area (Å²) in [5.41, 5.74) is 3.24. The van der Waals surface area contributed by atoms with Crippen molar-refractivity contribution in [3.05, 3.63) is 58.0 Å². The lowest BCUT2D eigenvalue weighted by Gasteiger charge is -2.06. The number of H-pyrrole nitrogens is 1. The maximum absolute atomic E-state index is 11.5. The molecule has 0 saturated heterocycles. The second-order valence-electron chi connectivity index (χ2n) is 4.58. The first-order valence-corrected chi connectivity index (χ1v) is 6.08. The average molecular weight is 251 g/mol. The highest BCUT2D eigenvalue weighted by Crippen LogP contribution is 2.21. The van der Waals surface area contributed by atoms with Gasteiger partial charge < -0.3 is 4.98 Å². The first-order chi connectivity index (χ1) is 9.13. The van der Waals surface area contributed by atoms with Crippen LogP contribution in [0.4, 0.5) is 0 Å². The van der Waals surface area contributed by atoms with Gasteiger partial charge in [0.2, 0.25) is 0 Å². The van der Waals surface area contributed by atoms with Gasteiger partial charge in [-0.3, -0.25) is 4.79 Å². The molecule has 4 nitrogen and oxygen atoms in total. The number of aryl methyl sites for hydroxylation is 2. The van der Waals surface area contributed by atoms with Gasteiger partial charge in [0.15, 0.2) is 5.82 Å². The Morgan fingerprint density at radius 3 is 2.63 bits per heavy atom. The largest absolute Gasteiger partial charge is 0.305 e. The van der Waals surface area contributed by atoms with Crippen molar-refractivity contribution >= 4 is 10.9 Å². The monoisotopic (exact) mass is 251 g/mol. The molecule has 0 aliphatic rings. The van der Waals surface area contributed by atoms with Crippen LogP contribution in [0.25, 0.3) is 22.4 Å². The minimum absolute atomic E-state index is 0.157. The maximum atomic E-state index is 11.5.